The first-order chi connectivity index (χ1) is 17.0. The van der Waals surface area contributed by atoms with E-state index >= 15 is 0 Å². The molecule has 2 atom stereocenters. The molecule has 1 aromatic heterocycles. The molecular weight excluding hydrogens is 469 g/mol. The molecule has 4 aliphatic carbocycles. The molecule has 4 saturated carbocycles. The monoisotopic (exact) mass is 504 g/mol. The van der Waals surface area contributed by atoms with E-state index in [4.69, 9.17) is 5.41 Å². The molecule has 6 rings (SSSR count). The number of nitrogens with zero attached hydrogens (tertiary/aromatic N) is 5. The summed E-state index contributed by atoms with van der Waals surface area (Å²) in [6, 6.07) is 2.50. The van der Waals surface area contributed by atoms with Crippen molar-refractivity contribution < 1.29 is 18.3 Å². The number of aliphatic hydroxyl groups is 1. The van der Waals surface area contributed by atoms with Crippen LogP contribution < -0.4 is 4.90 Å². The minimum absolute atomic E-state index is 0.00843. The number of rotatable bonds is 5. The summed E-state index contributed by atoms with van der Waals surface area (Å²) in [6.45, 7) is 6.58. The Morgan fingerprint density at radius 3 is 2.31 bits per heavy atom. The zero-order valence-corrected chi connectivity index (χ0v) is 20.9. The van der Waals surface area contributed by atoms with Crippen LogP contribution in [-0.4, -0.2) is 70.1 Å². The zero-order valence-electron chi connectivity index (χ0n) is 20.9. The van der Waals surface area contributed by atoms with Gasteiger partial charge < -0.3 is 10.0 Å². The normalized spacial score (nSPS) is 32.4. The molecule has 5 fully saturated rings. The standard InChI is InChI=1S/C26H35F3N6O/c1-24(2,34-7-5-33(6-8-34)21-4-3-20(14-32-21)26(27,28)29)23(31)35(16-30)22-18-9-17-10-19(22)13-25(11-17,12-18)15-36/h3-4,14,17-19,22,31,36H,5-13,15H2,1-2H3. The van der Waals surface area contributed by atoms with Crippen LogP contribution in [-0.2, 0) is 6.18 Å². The van der Waals surface area contributed by atoms with Gasteiger partial charge in [0.2, 0.25) is 0 Å². The van der Waals surface area contributed by atoms with Crippen molar-refractivity contribution in [1.29, 1.82) is 10.7 Å². The van der Waals surface area contributed by atoms with E-state index in [0.29, 0.717) is 55.6 Å². The van der Waals surface area contributed by atoms with E-state index in [0.717, 1.165) is 44.4 Å². The molecule has 0 radical (unpaired) electrons. The van der Waals surface area contributed by atoms with Gasteiger partial charge in [-0.05, 0) is 81.3 Å². The summed E-state index contributed by atoms with van der Waals surface area (Å²) >= 11 is 0. The van der Waals surface area contributed by atoms with Gasteiger partial charge >= 0.3 is 6.18 Å². The summed E-state index contributed by atoms with van der Waals surface area (Å²) in [5.41, 5.74) is -1.42. The number of hydrogen-bond donors (Lipinski definition) is 2. The number of piperazine rings is 1. The Morgan fingerprint density at radius 1 is 1.17 bits per heavy atom. The van der Waals surface area contributed by atoms with Gasteiger partial charge in [0, 0.05) is 39.0 Å². The van der Waals surface area contributed by atoms with Gasteiger partial charge in [0.15, 0.2) is 6.19 Å². The molecule has 1 aromatic rings. The molecule has 5 aliphatic rings. The van der Waals surface area contributed by atoms with Crippen molar-refractivity contribution in [2.45, 2.75) is 63.7 Å². The Bertz CT molecular complexity index is 1010. The fraction of sp³-hybridized carbons (Fsp3) is 0.731. The van der Waals surface area contributed by atoms with Crippen LogP contribution >= 0.6 is 0 Å². The molecule has 2 heterocycles. The lowest BCUT2D eigenvalue weighted by Crippen LogP contribution is -2.65. The predicted octanol–water partition coefficient (Wildman–Crippen LogP) is 3.95. The van der Waals surface area contributed by atoms with Crippen molar-refractivity contribution in [2.75, 3.05) is 37.7 Å². The van der Waals surface area contributed by atoms with Gasteiger partial charge in [0.05, 0.1) is 17.1 Å². The van der Waals surface area contributed by atoms with Gasteiger partial charge in [-0.25, -0.2) is 4.98 Å². The Labute approximate surface area is 210 Å². The minimum Gasteiger partial charge on any atom is -0.396 e. The van der Waals surface area contributed by atoms with E-state index in [-0.39, 0.29) is 18.1 Å². The lowest BCUT2D eigenvalue weighted by atomic mass is 9.48. The molecule has 7 nitrogen and oxygen atoms in total. The average Bonchev–Trinajstić information content (AvgIpc) is 2.85. The van der Waals surface area contributed by atoms with Crippen molar-refractivity contribution in [3.63, 3.8) is 0 Å². The van der Waals surface area contributed by atoms with Gasteiger partial charge in [-0.2, -0.15) is 18.4 Å². The SMILES string of the molecule is CC(C)(C(=N)N(C#N)C1C2CC3CC1CC(CO)(C3)C2)N1CCN(c2ccc(C(F)(F)F)cn2)CC1. The zero-order chi connectivity index (χ0) is 25.9. The van der Waals surface area contributed by atoms with Crippen LogP contribution in [0, 0.1) is 40.0 Å². The van der Waals surface area contributed by atoms with Crippen LogP contribution in [0.5, 0.6) is 0 Å². The topological polar surface area (TPSA) is 90.5 Å². The molecule has 36 heavy (non-hydrogen) atoms. The average molecular weight is 505 g/mol. The first-order valence-electron chi connectivity index (χ1n) is 12.9. The Balaban J connectivity index is 1.25. The Morgan fingerprint density at radius 2 is 1.81 bits per heavy atom. The Hall–Kier alpha value is -2.38. The molecule has 0 spiro atoms. The number of alkyl halides is 3. The molecule has 1 saturated heterocycles. The number of halogens is 3. The third-order valence-electron chi connectivity index (χ3n) is 9.38. The van der Waals surface area contributed by atoms with Crippen LogP contribution in [0.2, 0.25) is 0 Å². The number of anilines is 1. The van der Waals surface area contributed by atoms with E-state index in [9.17, 15) is 23.5 Å². The van der Waals surface area contributed by atoms with E-state index in [1.807, 2.05) is 18.7 Å². The van der Waals surface area contributed by atoms with Crippen molar-refractivity contribution in [3.05, 3.63) is 23.9 Å². The summed E-state index contributed by atoms with van der Waals surface area (Å²) in [5.74, 6) is 2.12. The number of aromatic nitrogens is 1. The van der Waals surface area contributed by atoms with Crippen molar-refractivity contribution in [1.82, 2.24) is 14.8 Å². The number of nitrogens with one attached hydrogen (secondary N) is 1. The number of nitriles is 1. The van der Waals surface area contributed by atoms with Crippen LogP contribution in [0.25, 0.3) is 0 Å². The number of pyridine rings is 1. The van der Waals surface area contributed by atoms with Gasteiger partial charge in [0.1, 0.15) is 11.7 Å². The minimum atomic E-state index is -4.41. The molecule has 2 unspecified atom stereocenters. The van der Waals surface area contributed by atoms with Gasteiger partial charge in [-0.1, -0.05) is 0 Å². The first kappa shape index (κ1) is 25.3. The molecule has 1 aliphatic heterocycles. The number of aliphatic hydroxyl groups excluding tert-OH is 1. The fourth-order valence-corrected chi connectivity index (χ4v) is 7.73. The van der Waals surface area contributed by atoms with Gasteiger partial charge in [0.25, 0.3) is 0 Å². The molecule has 4 bridgehead atoms. The predicted molar refractivity (Wildman–Crippen MR) is 129 cm³/mol. The lowest BCUT2D eigenvalue weighted by Gasteiger charge is -2.61. The highest BCUT2D eigenvalue weighted by Gasteiger charge is 2.57. The van der Waals surface area contributed by atoms with Crippen molar-refractivity contribution in [3.8, 4) is 6.19 Å². The summed E-state index contributed by atoms with van der Waals surface area (Å²) < 4.78 is 38.6. The number of amidine groups is 1. The second kappa shape index (κ2) is 8.88. The highest BCUT2D eigenvalue weighted by molar-refractivity contribution is 5.89. The Kier molecular flexibility index (Phi) is 6.23. The van der Waals surface area contributed by atoms with Crippen molar-refractivity contribution >= 4 is 11.7 Å². The van der Waals surface area contributed by atoms with E-state index in [2.05, 4.69) is 16.1 Å². The lowest BCUT2D eigenvalue weighted by molar-refractivity contribution is -0.137. The quantitative estimate of drug-likeness (QED) is 0.273. The molecule has 2 N–H and O–H groups in total. The summed E-state index contributed by atoms with van der Waals surface area (Å²) in [4.78, 5) is 9.84. The molecule has 0 amide bonds. The summed E-state index contributed by atoms with van der Waals surface area (Å²) in [5, 5.41) is 29.4. The molecule has 0 aromatic carbocycles. The number of hydrogen-bond acceptors (Lipinski definition) is 6. The smallest absolute Gasteiger partial charge is 0.396 e. The maximum atomic E-state index is 12.9. The largest absolute Gasteiger partial charge is 0.417 e. The van der Waals surface area contributed by atoms with E-state index < -0.39 is 17.3 Å². The van der Waals surface area contributed by atoms with E-state index in [1.165, 1.54) is 6.07 Å². The van der Waals surface area contributed by atoms with Gasteiger partial charge in [-0.3, -0.25) is 15.2 Å². The fourth-order valence-electron chi connectivity index (χ4n) is 7.73. The van der Waals surface area contributed by atoms with Gasteiger partial charge in [-0.15, -0.1) is 0 Å². The van der Waals surface area contributed by atoms with Crippen LogP contribution in [0.4, 0.5) is 19.0 Å². The molecule has 196 valence electrons. The highest BCUT2D eigenvalue weighted by Crippen LogP contribution is 2.61. The maximum absolute atomic E-state index is 12.9. The van der Waals surface area contributed by atoms with E-state index in [1.54, 1.807) is 4.90 Å². The molecule has 10 heteroatoms. The van der Waals surface area contributed by atoms with Crippen LogP contribution in [0.15, 0.2) is 18.3 Å². The summed E-state index contributed by atoms with van der Waals surface area (Å²) in [7, 11) is 0. The molecular formula is C26H35F3N6O. The first-order valence-corrected chi connectivity index (χ1v) is 12.9. The second-order valence-electron chi connectivity index (χ2n) is 11.9. The van der Waals surface area contributed by atoms with Crippen LogP contribution in [0.1, 0.15) is 51.5 Å². The third kappa shape index (κ3) is 4.24. The second-order valence-corrected chi connectivity index (χ2v) is 11.9. The van der Waals surface area contributed by atoms with Crippen LogP contribution in [0.3, 0.4) is 0 Å². The maximum Gasteiger partial charge on any atom is 0.417 e. The third-order valence-corrected chi connectivity index (χ3v) is 9.38. The summed E-state index contributed by atoms with van der Waals surface area (Å²) in [6.07, 6.45) is 3.95. The highest BCUT2D eigenvalue weighted by atomic mass is 19.4. The van der Waals surface area contributed by atoms with Crippen molar-refractivity contribution in [2.24, 2.45) is 23.2 Å².